The van der Waals surface area contributed by atoms with E-state index in [0.717, 1.165) is 6.54 Å². The highest BCUT2D eigenvalue weighted by molar-refractivity contribution is 6.29. The molecule has 0 aliphatic carbocycles. The molecule has 2 aromatic heterocycles. The molecule has 10 rings (SSSR count). The minimum Gasteiger partial charge on any atom is -0.341 e. The van der Waals surface area contributed by atoms with E-state index in [1.54, 1.807) is 0 Å². The van der Waals surface area contributed by atoms with Gasteiger partial charge in [0, 0.05) is 44.8 Å². The first-order chi connectivity index (χ1) is 22.8. The number of para-hydroxylation sites is 3. The summed E-state index contributed by atoms with van der Waals surface area (Å²) in [5.74, 6) is 0. The van der Waals surface area contributed by atoms with E-state index in [2.05, 4.69) is 168 Å². The fourth-order valence-corrected chi connectivity index (χ4v) is 8.02. The van der Waals surface area contributed by atoms with Gasteiger partial charge < -0.3 is 9.13 Å². The zero-order chi connectivity index (χ0) is 30.4. The number of rotatable bonds is 3. The Hall–Kier alpha value is -5.86. The lowest BCUT2D eigenvalue weighted by Gasteiger charge is -2.13. The normalized spacial score (nSPS) is 12.1. The van der Waals surface area contributed by atoms with Crippen LogP contribution in [-0.2, 0) is 6.54 Å². The van der Waals surface area contributed by atoms with Crippen molar-refractivity contribution in [1.82, 2.24) is 9.13 Å². The van der Waals surface area contributed by atoms with Crippen LogP contribution in [0.2, 0.25) is 0 Å². The first kappa shape index (κ1) is 25.5. The Balaban J connectivity index is 1.24. The van der Waals surface area contributed by atoms with Crippen LogP contribution >= 0.6 is 0 Å². The van der Waals surface area contributed by atoms with Gasteiger partial charge in [0.25, 0.3) is 0 Å². The molecule has 0 amide bonds. The van der Waals surface area contributed by atoms with Gasteiger partial charge in [-0.3, -0.25) is 0 Å². The number of benzene rings is 8. The number of hydrogen-bond acceptors (Lipinski definition) is 0. The molecule has 2 heteroatoms. The quantitative estimate of drug-likeness (QED) is 0.182. The maximum Gasteiger partial charge on any atom is 0.0541 e. The summed E-state index contributed by atoms with van der Waals surface area (Å²) in [6, 6.07) is 56.1. The average Bonchev–Trinajstić information content (AvgIpc) is 3.63. The van der Waals surface area contributed by atoms with Crippen molar-refractivity contribution in [2.45, 2.75) is 13.5 Å². The second-order valence-corrected chi connectivity index (χ2v) is 12.4. The molecule has 0 aliphatic rings. The fraction of sp³-hybridized carbons (Fsp3) is 0.0455. The molecular weight excluding hydrogens is 556 g/mol. The number of aryl methyl sites for hydroxylation is 1. The summed E-state index contributed by atoms with van der Waals surface area (Å²) in [5, 5.41) is 13.0. The number of nitrogens with zero attached hydrogens (tertiary/aromatic N) is 2. The minimum atomic E-state index is 0.943. The van der Waals surface area contributed by atoms with E-state index in [1.807, 2.05) is 0 Å². The molecule has 2 nitrogen and oxygen atoms in total. The second-order valence-electron chi connectivity index (χ2n) is 12.4. The van der Waals surface area contributed by atoms with Crippen LogP contribution in [-0.4, -0.2) is 9.13 Å². The minimum absolute atomic E-state index is 0.943. The highest BCUT2D eigenvalue weighted by Crippen LogP contribution is 2.42. The molecule has 0 atom stereocenters. The highest BCUT2D eigenvalue weighted by Gasteiger charge is 2.17. The van der Waals surface area contributed by atoms with E-state index in [0.29, 0.717) is 0 Å². The van der Waals surface area contributed by atoms with Crippen LogP contribution < -0.4 is 0 Å². The zero-order valence-electron chi connectivity index (χ0n) is 25.5. The molecule has 46 heavy (non-hydrogen) atoms. The van der Waals surface area contributed by atoms with E-state index < -0.39 is 0 Å². The van der Waals surface area contributed by atoms with Crippen LogP contribution in [0.5, 0.6) is 0 Å². The lowest BCUT2D eigenvalue weighted by molar-refractivity contribution is 0.827. The second kappa shape index (κ2) is 9.57. The van der Waals surface area contributed by atoms with Crippen molar-refractivity contribution in [2.24, 2.45) is 0 Å². The third kappa shape index (κ3) is 3.47. The molecule has 2 heterocycles. The van der Waals surface area contributed by atoms with Crippen LogP contribution in [0.25, 0.3) is 92.7 Å². The standard InChI is InChI=1S/C44H30N2/c1-2-45-41-18-10-8-16-34(41)40-26-37-33-22-20-28(24-36(33)31-14-6-7-15-32(31)38(37)27-44(40)45)29-21-23-43-39(25-29)35-17-9-11-19-42(35)46(43)30-12-4-3-5-13-30/h3-27H,2H2,1H3. The Labute approximate surface area is 266 Å². The fourth-order valence-electron chi connectivity index (χ4n) is 8.02. The van der Waals surface area contributed by atoms with Gasteiger partial charge in [-0.05, 0) is 105 Å². The number of aromatic nitrogens is 2. The first-order valence-electron chi connectivity index (χ1n) is 16.2. The molecule has 0 saturated heterocycles. The summed E-state index contributed by atoms with van der Waals surface area (Å²) >= 11 is 0. The maximum absolute atomic E-state index is 2.46. The summed E-state index contributed by atoms with van der Waals surface area (Å²) in [4.78, 5) is 0. The van der Waals surface area contributed by atoms with Gasteiger partial charge in [-0.2, -0.15) is 0 Å². The monoisotopic (exact) mass is 586 g/mol. The summed E-state index contributed by atoms with van der Waals surface area (Å²) in [6.45, 7) is 3.19. The van der Waals surface area contributed by atoms with Crippen LogP contribution in [0.3, 0.4) is 0 Å². The molecule has 0 N–H and O–H groups in total. The van der Waals surface area contributed by atoms with Crippen LogP contribution in [0.15, 0.2) is 152 Å². The van der Waals surface area contributed by atoms with Gasteiger partial charge in [0.1, 0.15) is 0 Å². The van der Waals surface area contributed by atoms with E-state index in [-0.39, 0.29) is 0 Å². The van der Waals surface area contributed by atoms with Gasteiger partial charge >= 0.3 is 0 Å². The van der Waals surface area contributed by atoms with Gasteiger partial charge in [-0.1, -0.05) is 97.1 Å². The molecule has 0 radical (unpaired) electrons. The van der Waals surface area contributed by atoms with Crippen molar-refractivity contribution in [1.29, 1.82) is 0 Å². The number of hydrogen-bond donors (Lipinski definition) is 0. The Kier molecular flexibility index (Phi) is 5.30. The smallest absolute Gasteiger partial charge is 0.0541 e. The number of fused-ring (bicyclic) bond motifs is 12. The molecule has 0 saturated carbocycles. The predicted molar refractivity (Wildman–Crippen MR) is 197 cm³/mol. The van der Waals surface area contributed by atoms with Gasteiger partial charge in [-0.25, -0.2) is 0 Å². The molecule has 0 spiro atoms. The summed E-state index contributed by atoms with van der Waals surface area (Å²) in [6.07, 6.45) is 0. The third-order valence-electron chi connectivity index (χ3n) is 10.1. The van der Waals surface area contributed by atoms with Crippen molar-refractivity contribution in [3.05, 3.63) is 152 Å². The SMILES string of the molecule is CCn1c2ccccc2c2cc3c4ccc(-c5ccc6c(c5)c5ccccc5n6-c5ccccc5)cc4c4ccccc4c3cc21. The Morgan fingerprint density at radius 2 is 0.848 bits per heavy atom. The van der Waals surface area contributed by atoms with Gasteiger partial charge in [0.2, 0.25) is 0 Å². The molecule has 10 aromatic rings. The van der Waals surface area contributed by atoms with E-state index in [1.165, 1.54) is 92.7 Å². The van der Waals surface area contributed by atoms with E-state index in [9.17, 15) is 0 Å². The molecular formula is C44H30N2. The molecule has 0 unspecified atom stereocenters. The van der Waals surface area contributed by atoms with Crippen LogP contribution in [0.1, 0.15) is 6.92 Å². The van der Waals surface area contributed by atoms with Gasteiger partial charge in [0.05, 0.1) is 11.0 Å². The summed E-state index contributed by atoms with van der Waals surface area (Å²) in [5.41, 5.74) is 8.71. The molecule has 216 valence electrons. The van der Waals surface area contributed by atoms with E-state index in [4.69, 9.17) is 0 Å². The molecule has 0 bridgehead atoms. The average molecular weight is 587 g/mol. The molecule has 8 aromatic carbocycles. The maximum atomic E-state index is 2.46. The lowest BCUT2D eigenvalue weighted by Crippen LogP contribution is -1.93. The first-order valence-corrected chi connectivity index (χ1v) is 16.2. The lowest BCUT2D eigenvalue weighted by atomic mass is 9.91. The molecule has 0 fully saturated rings. The topological polar surface area (TPSA) is 9.86 Å². The molecule has 0 aliphatic heterocycles. The Bertz CT molecular complexity index is 2830. The van der Waals surface area contributed by atoms with Gasteiger partial charge in [-0.15, -0.1) is 0 Å². The third-order valence-corrected chi connectivity index (χ3v) is 10.1. The van der Waals surface area contributed by atoms with Crippen molar-refractivity contribution in [3.8, 4) is 16.8 Å². The van der Waals surface area contributed by atoms with Crippen LogP contribution in [0, 0.1) is 0 Å². The summed E-state index contributed by atoms with van der Waals surface area (Å²) < 4.78 is 4.84. The zero-order valence-corrected chi connectivity index (χ0v) is 25.5. The highest BCUT2D eigenvalue weighted by atomic mass is 15.0. The predicted octanol–water partition coefficient (Wildman–Crippen LogP) is 12.0. The van der Waals surface area contributed by atoms with Crippen molar-refractivity contribution < 1.29 is 0 Å². The Morgan fingerprint density at radius 3 is 1.59 bits per heavy atom. The van der Waals surface area contributed by atoms with Gasteiger partial charge in [0.15, 0.2) is 0 Å². The van der Waals surface area contributed by atoms with E-state index >= 15 is 0 Å². The van der Waals surface area contributed by atoms with Crippen molar-refractivity contribution >= 4 is 75.9 Å². The van der Waals surface area contributed by atoms with Crippen molar-refractivity contribution in [2.75, 3.05) is 0 Å². The largest absolute Gasteiger partial charge is 0.341 e. The van der Waals surface area contributed by atoms with Crippen molar-refractivity contribution in [3.63, 3.8) is 0 Å². The Morgan fingerprint density at radius 1 is 0.348 bits per heavy atom. The summed E-state index contributed by atoms with van der Waals surface area (Å²) in [7, 11) is 0. The van der Waals surface area contributed by atoms with Crippen LogP contribution in [0.4, 0.5) is 0 Å².